The third kappa shape index (κ3) is 6.71. The quantitative estimate of drug-likeness (QED) is 0.470. The number of hydrogen-bond donors (Lipinski definition) is 3. The highest BCUT2D eigenvalue weighted by molar-refractivity contribution is 5.81. The summed E-state index contributed by atoms with van der Waals surface area (Å²) < 4.78 is 11.6. The van der Waals surface area contributed by atoms with Crippen molar-refractivity contribution in [3.8, 4) is 11.5 Å². The number of carbonyl (C=O) groups excluding carboxylic acids is 1. The normalized spacial score (nSPS) is 15.5. The average molecular weight is 396 g/mol. The van der Waals surface area contributed by atoms with E-state index in [2.05, 4.69) is 20.9 Å². The Labute approximate surface area is 171 Å². The maximum Gasteiger partial charge on any atom is 0.222 e. The van der Waals surface area contributed by atoms with Crippen molar-refractivity contribution in [2.45, 2.75) is 26.0 Å². The number of nitrogens with one attached hydrogen (secondary N) is 3. The number of hydrogen-bond acceptors (Lipinski definition) is 4. The van der Waals surface area contributed by atoms with E-state index in [1.165, 1.54) is 0 Å². The average Bonchev–Trinajstić information content (AvgIpc) is 2.76. The molecule has 1 atom stereocenters. The lowest BCUT2D eigenvalue weighted by Crippen LogP contribution is -2.40. The van der Waals surface area contributed by atoms with E-state index in [1.807, 2.05) is 61.5 Å². The molecule has 1 unspecified atom stereocenters. The zero-order valence-electron chi connectivity index (χ0n) is 16.7. The number of guanidine groups is 1. The Hall–Kier alpha value is -3.22. The van der Waals surface area contributed by atoms with Gasteiger partial charge in [0.2, 0.25) is 5.91 Å². The van der Waals surface area contributed by atoms with Crippen molar-refractivity contribution in [1.29, 1.82) is 0 Å². The van der Waals surface area contributed by atoms with Gasteiger partial charge in [0, 0.05) is 26.1 Å². The first kappa shape index (κ1) is 20.5. The van der Waals surface area contributed by atoms with Gasteiger partial charge in [-0.05, 0) is 24.6 Å². The minimum Gasteiger partial charge on any atom is -0.486 e. The first-order valence-electron chi connectivity index (χ1n) is 9.96. The number of amides is 1. The Kier molecular flexibility index (Phi) is 7.74. The van der Waals surface area contributed by atoms with E-state index in [-0.39, 0.29) is 12.0 Å². The van der Waals surface area contributed by atoms with Crippen LogP contribution in [0.2, 0.25) is 0 Å². The molecule has 0 spiro atoms. The highest BCUT2D eigenvalue weighted by Crippen LogP contribution is 2.30. The summed E-state index contributed by atoms with van der Waals surface area (Å²) in [6.45, 7) is 4.69. The predicted molar refractivity (Wildman–Crippen MR) is 113 cm³/mol. The molecule has 2 aromatic carbocycles. The van der Waals surface area contributed by atoms with Crippen molar-refractivity contribution in [1.82, 2.24) is 16.0 Å². The largest absolute Gasteiger partial charge is 0.486 e. The second-order valence-corrected chi connectivity index (χ2v) is 6.66. The molecule has 0 aliphatic carbocycles. The van der Waals surface area contributed by atoms with Gasteiger partial charge in [0.1, 0.15) is 6.61 Å². The van der Waals surface area contributed by atoms with Gasteiger partial charge in [0.05, 0.1) is 6.54 Å². The first-order valence-corrected chi connectivity index (χ1v) is 9.96. The summed E-state index contributed by atoms with van der Waals surface area (Å²) in [5.74, 6) is 2.16. The van der Waals surface area contributed by atoms with Crippen LogP contribution in [0.5, 0.6) is 11.5 Å². The van der Waals surface area contributed by atoms with Crippen LogP contribution in [0.1, 0.15) is 18.9 Å². The van der Waals surface area contributed by atoms with Gasteiger partial charge in [0.15, 0.2) is 23.6 Å². The molecule has 3 rings (SSSR count). The van der Waals surface area contributed by atoms with Gasteiger partial charge in [0.25, 0.3) is 0 Å². The molecule has 0 fully saturated rings. The molecule has 1 aliphatic rings. The fourth-order valence-corrected chi connectivity index (χ4v) is 2.87. The van der Waals surface area contributed by atoms with Crippen molar-refractivity contribution in [2.75, 3.05) is 26.2 Å². The molecule has 0 aromatic heterocycles. The molecule has 29 heavy (non-hydrogen) atoms. The van der Waals surface area contributed by atoms with E-state index < -0.39 is 0 Å². The maximum atomic E-state index is 12.0. The van der Waals surface area contributed by atoms with Crippen molar-refractivity contribution >= 4 is 11.9 Å². The number of benzene rings is 2. The van der Waals surface area contributed by atoms with Crippen LogP contribution in [0.25, 0.3) is 0 Å². The number of nitrogens with zero attached hydrogens (tertiary/aromatic N) is 1. The molecule has 7 nitrogen and oxygen atoms in total. The van der Waals surface area contributed by atoms with Gasteiger partial charge in [-0.1, -0.05) is 42.5 Å². The second kappa shape index (κ2) is 10.9. The van der Waals surface area contributed by atoms with Crippen LogP contribution in [0.3, 0.4) is 0 Å². The maximum absolute atomic E-state index is 12.0. The van der Waals surface area contributed by atoms with Gasteiger partial charge >= 0.3 is 0 Å². The van der Waals surface area contributed by atoms with Crippen molar-refractivity contribution < 1.29 is 14.3 Å². The molecule has 2 aromatic rings. The molecular formula is C22H28N4O3. The Morgan fingerprint density at radius 1 is 1.03 bits per heavy atom. The van der Waals surface area contributed by atoms with Crippen molar-refractivity contribution in [3.05, 3.63) is 60.2 Å². The molecule has 3 N–H and O–H groups in total. The highest BCUT2D eigenvalue weighted by Gasteiger charge is 2.20. The fourth-order valence-electron chi connectivity index (χ4n) is 2.87. The summed E-state index contributed by atoms with van der Waals surface area (Å²) in [6, 6.07) is 17.5. The summed E-state index contributed by atoms with van der Waals surface area (Å²) in [5, 5.41) is 9.30. The van der Waals surface area contributed by atoms with Crippen LogP contribution < -0.4 is 25.4 Å². The predicted octanol–water partition coefficient (Wildman–Crippen LogP) is 2.09. The SMILES string of the molecule is CCNC(=NCC1COc2ccccc2O1)NCCC(=O)NCc1ccccc1. The summed E-state index contributed by atoms with van der Waals surface area (Å²) in [7, 11) is 0. The minimum absolute atomic E-state index is 0.00202. The van der Waals surface area contributed by atoms with Gasteiger partial charge in [-0.2, -0.15) is 0 Å². The topological polar surface area (TPSA) is 84.0 Å². The number of ether oxygens (including phenoxy) is 2. The van der Waals surface area contributed by atoms with Crippen LogP contribution >= 0.6 is 0 Å². The molecule has 1 heterocycles. The van der Waals surface area contributed by atoms with E-state index in [0.29, 0.717) is 38.6 Å². The standard InChI is InChI=1S/C22H28N4O3/c1-2-23-22(24-13-12-21(27)25-14-17-8-4-3-5-9-17)26-15-18-16-28-19-10-6-7-11-20(19)29-18/h3-11,18H,2,12-16H2,1H3,(H,25,27)(H2,23,24,26). The molecule has 1 aliphatic heterocycles. The zero-order chi connectivity index (χ0) is 20.3. The molecular weight excluding hydrogens is 368 g/mol. The lowest BCUT2D eigenvalue weighted by molar-refractivity contribution is -0.121. The number of fused-ring (bicyclic) bond motifs is 1. The molecule has 7 heteroatoms. The van der Waals surface area contributed by atoms with Crippen LogP contribution in [-0.2, 0) is 11.3 Å². The Morgan fingerprint density at radius 2 is 1.79 bits per heavy atom. The molecule has 0 bridgehead atoms. The molecule has 0 saturated heterocycles. The van der Waals surface area contributed by atoms with Crippen LogP contribution in [0, 0.1) is 0 Å². The molecule has 0 saturated carbocycles. The zero-order valence-corrected chi connectivity index (χ0v) is 16.7. The van der Waals surface area contributed by atoms with Gasteiger partial charge in [-0.3, -0.25) is 4.79 Å². The Balaban J connectivity index is 1.40. The Morgan fingerprint density at radius 3 is 2.59 bits per heavy atom. The smallest absolute Gasteiger partial charge is 0.222 e. The van der Waals surface area contributed by atoms with E-state index in [0.717, 1.165) is 23.6 Å². The lowest BCUT2D eigenvalue weighted by atomic mass is 10.2. The number of carbonyl (C=O) groups is 1. The highest BCUT2D eigenvalue weighted by atomic mass is 16.6. The third-order valence-electron chi connectivity index (χ3n) is 4.34. The van der Waals surface area contributed by atoms with Crippen molar-refractivity contribution in [3.63, 3.8) is 0 Å². The third-order valence-corrected chi connectivity index (χ3v) is 4.34. The van der Waals surface area contributed by atoms with E-state index in [1.54, 1.807) is 0 Å². The lowest BCUT2D eigenvalue weighted by Gasteiger charge is -2.25. The van der Waals surface area contributed by atoms with E-state index in [9.17, 15) is 4.79 Å². The summed E-state index contributed by atoms with van der Waals surface area (Å²) in [5.41, 5.74) is 1.08. The van der Waals surface area contributed by atoms with Crippen molar-refractivity contribution in [2.24, 2.45) is 4.99 Å². The van der Waals surface area contributed by atoms with E-state index >= 15 is 0 Å². The Bertz CT molecular complexity index is 811. The fraction of sp³-hybridized carbons (Fsp3) is 0.364. The number of rotatable bonds is 8. The summed E-state index contributed by atoms with van der Waals surface area (Å²) in [4.78, 5) is 16.6. The molecule has 1 amide bonds. The monoisotopic (exact) mass is 396 g/mol. The molecule has 0 radical (unpaired) electrons. The summed E-state index contributed by atoms with van der Waals surface area (Å²) >= 11 is 0. The van der Waals surface area contributed by atoms with Crippen LogP contribution in [-0.4, -0.2) is 44.2 Å². The van der Waals surface area contributed by atoms with Crippen LogP contribution in [0.15, 0.2) is 59.6 Å². The van der Waals surface area contributed by atoms with E-state index in [4.69, 9.17) is 9.47 Å². The first-order chi connectivity index (χ1) is 14.2. The van der Waals surface area contributed by atoms with Crippen LogP contribution in [0.4, 0.5) is 0 Å². The molecule has 154 valence electrons. The number of aliphatic imine (C=N–C) groups is 1. The second-order valence-electron chi connectivity index (χ2n) is 6.66. The number of para-hydroxylation sites is 2. The van der Waals surface area contributed by atoms with Gasteiger partial charge < -0.3 is 25.4 Å². The summed E-state index contributed by atoms with van der Waals surface area (Å²) in [6.07, 6.45) is 0.225. The van der Waals surface area contributed by atoms with Gasteiger partial charge in [-0.15, -0.1) is 0 Å². The van der Waals surface area contributed by atoms with Gasteiger partial charge in [-0.25, -0.2) is 4.99 Å². The minimum atomic E-state index is -0.144.